The Morgan fingerprint density at radius 1 is 0.923 bits per heavy atom. The smallest absolute Gasteiger partial charge is 0.265 e. The molecule has 2 amide bonds. The number of thioether (sulfide) groups is 1. The van der Waals surface area contributed by atoms with Crippen molar-refractivity contribution in [2.45, 2.75) is 37.2 Å². The number of nitrogens with zero attached hydrogens (tertiary/aromatic N) is 1. The first-order valence-electron chi connectivity index (χ1n) is 13.0. The van der Waals surface area contributed by atoms with Crippen molar-refractivity contribution in [3.05, 3.63) is 136 Å². The minimum absolute atomic E-state index is 0.0382. The molecule has 196 valence electrons. The lowest BCUT2D eigenvalue weighted by molar-refractivity contribution is -0.114. The highest BCUT2D eigenvalue weighted by Crippen LogP contribution is 2.42. The number of rotatable bonds is 8. The van der Waals surface area contributed by atoms with E-state index < -0.39 is 0 Å². The molecule has 4 aromatic rings. The quantitative estimate of drug-likeness (QED) is 0.241. The zero-order valence-electron chi connectivity index (χ0n) is 21.6. The third-order valence-corrected chi connectivity index (χ3v) is 7.75. The number of anilines is 1. The van der Waals surface area contributed by atoms with Crippen LogP contribution in [-0.2, 0) is 17.8 Å². The second-order valence-corrected chi connectivity index (χ2v) is 10.7. The average molecular weight is 537 g/mol. The molecule has 1 atom stereocenters. The number of para-hydroxylation sites is 1. The molecule has 0 spiro atoms. The van der Waals surface area contributed by atoms with Crippen LogP contribution in [0.1, 0.15) is 40.4 Å². The minimum Gasteiger partial charge on any atom is -0.350 e. The van der Waals surface area contributed by atoms with Crippen LogP contribution >= 0.6 is 11.8 Å². The van der Waals surface area contributed by atoms with Crippen LogP contribution in [0, 0.1) is 5.82 Å². The first-order valence-corrected chi connectivity index (χ1v) is 13.8. The molecule has 0 saturated heterocycles. The lowest BCUT2D eigenvalue weighted by atomic mass is 10.1. The Hall–Kier alpha value is -4.16. The van der Waals surface area contributed by atoms with Gasteiger partial charge in [-0.05, 0) is 67.3 Å². The van der Waals surface area contributed by atoms with E-state index in [4.69, 9.17) is 0 Å². The van der Waals surface area contributed by atoms with Crippen LogP contribution in [0.4, 0.5) is 10.1 Å². The van der Waals surface area contributed by atoms with Gasteiger partial charge in [0.05, 0.1) is 17.1 Å². The Morgan fingerprint density at radius 2 is 1.62 bits per heavy atom. The molecule has 1 heterocycles. The predicted octanol–water partition coefficient (Wildman–Crippen LogP) is 7.26. The molecule has 4 aromatic carbocycles. The molecule has 39 heavy (non-hydrogen) atoms. The maximum atomic E-state index is 14.4. The van der Waals surface area contributed by atoms with Gasteiger partial charge in [0.1, 0.15) is 5.82 Å². The zero-order chi connectivity index (χ0) is 27.2. The molecular weight excluding hydrogens is 507 g/mol. The van der Waals surface area contributed by atoms with Crippen LogP contribution in [0.2, 0.25) is 0 Å². The van der Waals surface area contributed by atoms with Crippen molar-refractivity contribution >= 4 is 35.3 Å². The van der Waals surface area contributed by atoms with Crippen molar-refractivity contribution in [1.29, 1.82) is 0 Å². The van der Waals surface area contributed by atoms with Gasteiger partial charge in [-0.1, -0.05) is 84.6 Å². The van der Waals surface area contributed by atoms with E-state index in [-0.39, 0.29) is 30.2 Å². The highest BCUT2D eigenvalue weighted by Gasteiger charge is 2.29. The van der Waals surface area contributed by atoms with Crippen molar-refractivity contribution in [2.75, 3.05) is 4.90 Å². The van der Waals surface area contributed by atoms with E-state index in [1.165, 1.54) is 23.4 Å². The Labute approximate surface area is 232 Å². The van der Waals surface area contributed by atoms with Crippen LogP contribution in [0.15, 0.2) is 113 Å². The van der Waals surface area contributed by atoms with Gasteiger partial charge < -0.3 is 10.2 Å². The zero-order valence-corrected chi connectivity index (χ0v) is 22.5. The summed E-state index contributed by atoms with van der Waals surface area (Å²) in [6.07, 6.45) is 3.57. The van der Waals surface area contributed by atoms with Gasteiger partial charge in [-0.15, -0.1) is 0 Å². The highest BCUT2D eigenvalue weighted by molar-refractivity contribution is 8.04. The minimum atomic E-state index is -0.338. The van der Waals surface area contributed by atoms with Crippen LogP contribution in [0.25, 0.3) is 6.08 Å². The standard InChI is InChI=1S/C33H29FN2O2S/c1-23(15-16-24-9-3-2-4-10-24)35-32(37)26-19-17-25(18-20-26)21-31-33(38)36(22-27-11-5-6-12-28(27)34)29-13-7-8-14-30(29)39-31/h2-14,17-21,23H,15-16,22H2,1H3,(H,35,37). The van der Waals surface area contributed by atoms with Crippen LogP contribution in [0.5, 0.6) is 0 Å². The Kier molecular flexibility index (Phi) is 8.23. The van der Waals surface area contributed by atoms with E-state index in [0.717, 1.165) is 29.0 Å². The molecule has 1 aliphatic heterocycles. The molecule has 0 radical (unpaired) electrons. The number of halogens is 1. The maximum Gasteiger partial charge on any atom is 0.265 e. The van der Waals surface area contributed by atoms with Crippen LogP contribution < -0.4 is 10.2 Å². The van der Waals surface area contributed by atoms with E-state index >= 15 is 0 Å². The first kappa shape index (κ1) is 26.4. The summed E-state index contributed by atoms with van der Waals surface area (Å²) in [5.74, 6) is -0.645. The van der Waals surface area contributed by atoms with E-state index in [9.17, 15) is 14.0 Å². The predicted molar refractivity (Wildman–Crippen MR) is 156 cm³/mol. The van der Waals surface area contributed by atoms with Gasteiger partial charge in [-0.25, -0.2) is 4.39 Å². The summed E-state index contributed by atoms with van der Waals surface area (Å²) in [6, 6.07) is 31.6. The van der Waals surface area contributed by atoms with Crippen LogP contribution in [0.3, 0.4) is 0 Å². The van der Waals surface area contributed by atoms with E-state index in [2.05, 4.69) is 17.4 Å². The number of benzene rings is 4. The van der Waals surface area contributed by atoms with E-state index in [0.29, 0.717) is 16.0 Å². The molecule has 0 saturated carbocycles. The van der Waals surface area contributed by atoms with Gasteiger partial charge in [0.25, 0.3) is 11.8 Å². The summed E-state index contributed by atoms with van der Waals surface area (Å²) in [5.41, 5.74) is 3.85. The molecule has 5 rings (SSSR count). The number of hydrogen-bond donors (Lipinski definition) is 1. The topological polar surface area (TPSA) is 49.4 Å². The van der Waals surface area contributed by atoms with Crippen molar-refractivity contribution in [3.8, 4) is 0 Å². The molecule has 1 unspecified atom stereocenters. The lowest BCUT2D eigenvalue weighted by Crippen LogP contribution is -2.34. The van der Waals surface area contributed by atoms with Crippen molar-refractivity contribution in [2.24, 2.45) is 0 Å². The Balaban J connectivity index is 1.28. The summed E-state index contributed by atoms with van der Waals surface area (Å²) in [7, 11) is 0. The number of hydrogen-bond acceptors (Lipinski definition) is 3. The molecular formula is C33H29FN2O2S. The highest BCUT2D eigenvalue weighted by atomic mass is 32.2. The molecule has 1 aliphatic rings. The second kappa shape index (κ2) is 12.1. The number of carbonyl (C=O) groups excluding carboxylic acids is 2. The number of amides is 2. The van der Waals surface area contributed by atoms with Gasteiger partial charge in [0.2, 0.25) is 0 Å². The second-order valence-electron chi connectivity index (χ2n) is 9.58. The molecule has 6 heteroatoms. The number of nitrogens with one attached hydrogen (secondary N) is 1. The third-order valence-electron chi connectivity index (χ3n) is 6.68. The fourth-order valence-electron chi connectivity index (χ4n) is 4.51. The molecule has 0 bridgehead atoms. The number of fused-ring (bicyclic) bond motifs is 1. The fourth-order valence-corrected chi connectivity index (χ4v) is 5.56. The summed E-state index contributed by atoms with van der Waals surface area (Å²) in [5, 5.41) is 3.07. The first-order chi connectivity index (χ1) is 19.0. The Morgan fingerprint density at radius 3 is 2.38 bits per heavy atom. The maximum absolute atomic E-state index is 14.4. The lowest BCUT2D eigenvalue weighted by Gasteiger charge is -2.30. The molecule has 0 aromatic heterocycles. The molecule has 4 nitrogen and oxygen atoms in total. The largest absolute Gasteiger partial charge is 0.350 e. The van der Waals surface area contributed by atoms with Crippen molar-refractivity contribution in [1.82, 2.24) is 5.32 Å². The molecule has 0 aliphatic carbocycles. The third kappa shape index (κ3) is 6.47. The number of aryl methyl sites for hydroxylation is 1. The molecule has 1 N–H and O–H groups in total. The van der Waals surface area contributed by atoms with Gasteiger partial charge in [0.15, 0.2) is 0 Å². The van der Waals surface area contributed by atoms with Crippen molar-refractivity contribution < 1.29 is 14.0 Å². The van der Waals surface area contributed by atoms with Gasteiger partial charge in [-0.3, -0.25) is 9.59 Å². The monoisotopic (exact) mass is 536 g/mol. The Bertz CT molecular complexity index is 1500. The van der Waals surface area contributed by atoms with Crippen LogP contribution in [-0.4, -0.2) is 17.9 Å². The average Bonchev–Trinajstić information content (AvgIpc) is 2.96. The summed E-state index contributed by atoms with van der Waals surface area (Å²) >= 11 is 1.40. The van der Waals surface area contributed by atoms with Crippen molar-refractivity contribution in [3.63, 3.8) is 0 Å². The summed E-state index contributed by atoms with van der Waals surface area (Å²) < 4.78 is 14.4. The van der Waals surface area contributed by atoms with Gasteiger partial charge in [-0.2, -0.15) is 0 Å². The molecule has 0 fully saturated rings. The normalized spacial score (nSPS) is 14.7. The SMILES string of the molecule is CC(CCc1ccccc1)NC(=O)c1ccc(C=C2Sc3ccccc3N(Cc3ccccc3F)C2=O)cc1. The van der Waals surface area contributed by atoms with Gasteiger partial charge in [0, 0.05) is 22.1 Å². The summed E-state index contributed by atoms with van der Waals surface area (Å²) in [4.78, 5) is 29.4. The van der Waals surface area contributed by atoms with E-state index in [1.54, 1.807) is 35.2 Å². The van der Waals surface area contributed by atoms with E-state index in [1.807, 2.05) is 67.6 Å². The van der Waals surface area contributed by atoms with Gasteiger partial charge >= 0.3 is 0 Å². The fraction of sp³-hybridized carbons (Fsp3) is 0.152. The number of carbonyl (C=O) groups is 2. The summed E-state index contributed by atoms with van der Waals surface area (Å²) in [6.45, 7) is 2.15.